The molecule has 2 N–H and O–H groups in total. The maximum Gasteiger partial charge on any atom is 0.310 e. The highest BCUT2D eigenvalue weighted by atomic mass is 16.5. The molecule has 2 aliphatic rings. The van der Waals surface area contributed by atoms with E-state index in [9.17, 15) is 14.7 Å². The van der Waals surface area contributed by atoms with Gasteiger partial charge in [-0.25, -0.2) is 0 Å². The highest BCUT2D eigenvalue weighted by Gasteiger charge is 2.53. The van der Waals surface area contributed by atoms with Gasteiger partial charge in [-0.2, -0.15) is 0 Å². The van der Waals surface area contributed by atoms with Crippen molar-refractivity contribution in [2.45, 2.75) is 32.1 Å². The quantitative estimate of drug-likeness (QED) is 0.778. The van der Waals surface area contributed by atoms with Crippen LogP contribution in [0.25, 0.3) is 0 Å². The molecule has 128 valence electrons. The van der Waals surface area contributed by atoms with Crippen LogP contribution in [-0.4, -0.2) is 35.8 Å². The molecule has 2 heterocycles. The third-order valence-electron chi connectivity index (χ3n) is 4.54. The van der Waals surface area contributed by atoms with Crippen molar-refractivity contribution in [1.82, 2.24) is 5.32 Å². The molecule has 24 heavy (non-hydrogen) atoms. The molecular formula is C18H21NO5. The molecule has 1 saturated heterocycles. The molecule has 6 nitrogen and oxygen atoms in total. The Balaban J connectivity index is 1.67. The molecule has 3 rings (SSSR count). The van der Waals surface area contributed by atoms with Gasteiger partial charge < -0.3 is 19.9 Å². The van der Waals surface area contributed by atoms with E-state index in [4.69, 9.17) is 9.47 Å². The van der Waals surface area contributed by atoms with Gasteiger partial charge in [0.2, 0.25) is 5.91 Å². The van der Waals surface area contributed by atoms with Gasteiger partial charge in [-0.05, 0) is 31.5 Å². The largest absolute Gasteiger partial charge is 0.494 e. The van der Waals surface area contributed by atoms with E-state index < -0.39 is 30.0 Å². The molecule has 1 amide bonds. The van der Waals surface area contributed by atoms with Crippen LogP contribution in [0.5, 0.6) is 5.75 Å². The first kappa shape index (κ1) is 16.5. The predicted molar refractivity (Wildman–Crippen MR) is 86.6 cm³/mol. The highest BCUT2D eigenvalue weighted by Crippen LogP contribution is 2.39. The summed E-state index contributed by atoms with van der Waals surface area (Å²) in [5.41, 5.74) is 0.929. The third kappa shape index (κ3) is 3.01. The summed E-state index contributed by atoms with van der Waals surface area (Å²) < 4.78 is 10.9. The van der Waals surface area contributed by atoms with E-state index in [1.165, 1.54) is 0 Å². The van der Waals surface area contributed by atoms with Crippen molar-refractivity contribution in [2.75, 3.05) is 6.61 Å². The minimum absolute atomic E-state index is 0.231. The fourth-order valence-electron chi connectivity index (χ4n) is 3.33. The smallest absolute Gasteiger partial charge is 0.310 e. The molecule has 0 aliphatic carbocycles. The second-order valence-corrected chi connectivity index (χ2v) is 6.07. The van der Waals surface area contributed by atoms with E-state index >= 15 is 0 Å². The first-order valence-corrected chi connectivity index (χ1v) is 8.11. The summed E-state index contributed by atoms with van der Waals surface area (Å²) in [6, 6.07) is 7.25. The molecular weight excluding hydrogens is 310 g/mol. The normalized spacial score (nSPS) is 28.6. The van der Waals surface area contributed by atoms with Crippen LogP contribution in [0.2, 0.25) is 0 Å². The lowest BCUT2D eigenvalue weighted by atomic mass is 9.82. The minimum Gasteiger partial charge on any atom is -0.494 e. The fourth-order valence-corrected chi connectivity index (χ4v) is 3.33. The summed E-state index contributed by atoms with van der Waals surface area (Å²) in [5, 5.41) is 12.3. The summed E-state index contributed by atoms with van der Waals surface area (Å²) in [5.74, 6) is -2.03. The van der Waals surface area contributed by atoms with Crippen LogP contribution in [0.3, 0.4) is 0 Å². The Morgan fingerprint density at radius 2 is 1.83 bits per heavy atom. The Morgan fingerprint density at radius 3 is 2.42 bits per heavy atom. The van der Waals surface area contributed by atoms with Gasteiger partial charge >= 0.3 is 5.97 Å². The number of amides is 1. The van der Waals surface area contributed by atoms with Crippen molar-refractivity contribution in [3.05, 3.63) is 42.0 Å². The second kappa shape index (κ2) is 6.65. The zero-order chi connectivity index (χ0) is 17.3. The monoisotopic (exact) mass is 331 g/mol. The number of carboxylic acid groups (broad SMARTS) is 1. The molecule has 1 fully saturated rings. The Bertz CT molecular complexity index is 654. The van der Waals surface area contributed by atoms with Gasteiger partial charge in [0.1, 0.15) is 11.7 Å². The van der Waals surface area contributed by atoms with Crippen molar-refractivity contribution in [3.63, 3.8) is 0 Å². The summed E-state index contributed by atoms with van der Waals surface area (Å²) in [6.45, 7) is 4.38. The number of carboxylic acids is 1. The molecule has 2 bridgehead atoms. The molecule has 0 unspecified atom stereocenters. The molecule has 0 aromatic heterocycles. The highest BCUT2D eigenvalue weighted by molar-refractivity contribution is 5.87. The minimum atomic E-state index is -0.999. The van der Waals surface area contributed by atoms with E-state index in [1.54, 1.807) is 12.2 Å². The third-order valence-corrected chi connectivity index (χ3v) is 4.54. The molecule has 0 saturated carbocycles. The zero-order valence-corrected chi connectivity index (χ0v) is 13.6. The van der Waals surface area contributed by atoms with Gasteiger partial charge in [0, 0.05) is 0 Å². The number of rotatable bonds is 6. The predicted octanol–water partition coefficient (Wildman–Crippen LogP) is 1.92. The van der Waals surface area contributed by atoms with Gasteiger partial charge in [-0.1, -0.05) is 24.3 Å². The van der Waals surface area contributed by atoms with Crippen molar-refractivity contribution in [3.8, 4) is 5.75 Å². The lowest BCUT2D eigenvalue weighted by Crippen LogP contribution is -2.43. The van der Waals surface area contributed by atoms with Gasteiger partial charge in [0.25, 0.3) is 0 Å². The number of fused-ring (bicyclic) bond motifs is 2. The van der Waals surface area contributed by atoms with Crippen LogP contribution >= 0.6 is 0 Å². The van der Waals surface area contributed by atoms with Gasteiger partial charge in [-0.15, -0.1) is 0 Å². The topological polar surface area (TPSA) is 84.9 Å². The Morgan fingerprint density at radius 1 is 1.21 bits per heavy atom. The van der Waals surface area contributed by atoms with Crippen LogP contribution in [0, 0.1) is 11.8 Å². The zero-order valence-electron chi connectivity index (χ0n) is 13.6. The van der Waals surface area contributed by atoms with Crippen LogP contribution in [0.1, 0.15) is 25.5 Å². The fraction of sp³-hybridized carbons (Fsp3) is 0.444. The van der Waals surface area contributed by atoms with E-state index in [0.717, 1.165) is 11.3 Å². The summed E-state index contributed by atoms with van der Waals surface area (Å²) in [7, 11) is 0. The van der Waals surface area contributed by atoms with Gasteiger partial charge in [-0.3, -0.25) is 9.59 Å². The maximum atomic E-state index is 12.6. The molecule has 0 spiro atoms. The first-order valence-electron chi connectivity index (χ1n) is 8.11. The second-order valence-electron chi connectivity index (χ2n) is 6.07. The van der Waals surface area contributed by atoms with Crippen molar-refractivity contribution < 1.29 is 24.2 Å². The molecule has 2 aliphatic heterocycles. The van der Waals surface area contributed by atoms with Crippen LogP contribution in [-0.2, 0) is 14.3 Å². The Labute approximate surface area is 140 Å². The number of nitrogens with one attached hydrogen (secondary N) is 1. The Hall–Kier alpha value is -2.34. The number of hydrogen-bond acceptors (Lipinski definition) is 4. The average Bonchev–Trinajstić information content (AvgIpc) is 3.16. The van der Waals surface area contributed by atoms with Crippen LogP contribution < -0.4 is 10.1 Å². The average molecular weight is 331 g/mol. The molecule has 0 radical (unpaired) electrons. The summed E-state index contributed by atoms with van der Waals surface area (Å²) in [4.78, 5) is 24.0. The molecule has 1 aromatic carbocycles. The van der Waals surface area contributed by atoms with Crippen molar-refractivity contribution in [2.24, 2.45) is 11.8 Å². The maximum absolute atomic E-state index is 12.6. The molecule has 6 heteroatoms. The first-order chi connectivity index (χ1) is 11.5. The van der Waals surface area contributed by atoms with E-state index in [-0.39, 0.29) is 11.9 Å². The van der Waals surface area contributed by atoms with E-state index in [2.05, 4.69) is 5.32 Å². The number of carbonyl (C=O) groups excluding carboxylic acids is 1. The van der Waals surface area contributed by atoms with Crippen LogP contribution in [0.15, 0.2) is 36.4 Å². The van der Waals surface area contributed by atoms with E-state index in [0.29, 0.717) is 6.61 Å². The van der Waals surface area contributed by atoms with Crippen molar-refractivity contribution >= 4 is 11.9 Å². The van der Waals surface area contributed by atoms with Gasteiger partial charge in [0.05, 0.1) is 30.8 Å². The lowest BCUT2D eigenvalue weighted by Gasteiger charge is -2.23. The van der Waals surface area contributed by atoms with Crippen LogP contribution in [0.4, 0.5) is 0 Å². The SMILES string of the molecule is CCOc1ccc([C@H](C)NC(=O)[C@H]2[C@@H](C(=O)O)[C@H]3C=C[C@@H]2O3)cc1. The number of ether oxygens (including phenoxy) is 2. The van der Waals surface area contributed by atoms with E-state index in [1.807, 2.05) is 38.1 Å². The number of hydrogen-bond donors (Lipinski definition) is 2. The van der Waals surface area contributed by atoms with Gasteiger partial charge in [0.15, 0.2) is 0 Å². The Kier molecular flexibility index (Phi) is 4.57. The van der Waals surface area contributed by atoms with Crippen molar-refractivity contribution in [1.29, 1.82) is 0 Å². The number of carbonyl (C=O) groups is 2. The lowest BCUT2D eigenvalue weighted by molar-refractivity contribution is -0.146. The summed E-state index contributed by atoms with van der Waals surface area (Å²) in [6.07, 6.45) is 2.53. The molecule has 1 aromatic rings. The standard InChI is InChI=1S/C18H21NO5/c1-3-23-12-6-4-11(5-7-12)10(2)19-17(20)15-13-8-9-14(24-13)16(15)18(21)22/h4-10,13-16H,3H2,1-2H3,(H,19,20)(H,21,22)/t10-,13-,14+,15+,16-/m0/s1. The molecule has 5 atom stereocenters. The summed E-state index contributed by atoms with van der Waals surface area (Å²) >= 11 is 0. The number of benzene rings is 1. The number of aliphatic carboxylic acids is 1.